The van der Waals surface area contributed by atoms with E-state index in [2.05, 4.69) is 11.4 Å². The zero-order valence-electron chi connectivity index (χ0n) is 15.4. The summed E-state index contributed by atoms with van der Waals surface area (Å²) < 4.78 is 18.1. The first-order valence-electron chi connectivity index (χ1n) is 8.29. The number of nitro groups is 1. The molecule has 0 saturated heterocycles. The van der Waals surface area contributed by atoms with E-state index in [0.717, 1.165) is 10.9 Å². The Kier molecular flexibility index (Phi) is 5.57. The molecule has 9 heteroatoms. The molecular weight excluding hydrogens is 397 g/mol. The molecule has 0 atom stereocenters. The molecular formula is C20H14FN3O4S. The Morgan fingerprint density at radius 3 is 2.55 bits per heavy atom. The summed E-state index contributed by atoms with van der Waals surface area (Å²) in [4.78, 5) is 23.9. The molecule has 1 heterocycles. The number of carbonyl (C=O) groups is 1. The zero-order valence-corrected chi connectivity index (χ0v) is 16.2. The summed E-state index contributed by atoms with van der Waals surface area (Å²) in [6, 6.07) is 11.6. The van der Waals surface area contributed by atoms with Gasteiger partial charge in [-0.1, -0.05) is 12.1 Å². The van der Waals surface area contributed by atoms with Crippen molar-refractivity contribution in [3.63, 3.8) is 0 Å². The molecule has 146 valence electrons. The topological polar surface area (TPSA) is 105 Å². The molecule has 0 spiro atoms. The van der Waals surface area contributed by atoms with Gasteiger partial charge in [0.15, 0.2) is 5.75 Å². The van der Waals surface area contributed by atoms with Crippen LogP contribution in [0.25, 0.3) is 11.1 Å². The number of thiophene rings is 1. The molecule has 0 aliphatic heterocycles. The highest BCUT2D eigenvalue weighted by Gasteiger charge is 2.22. The van der Waals surface area contributed by atoms with E-state index in [9.17, 15) is 24.6 Å². The van der Waals surface area contributed by atoms with Gasteiger partial charge in [0.2, 0.25) is 0 Å². The Morgan fingerprint density at radius 1 is 1.28 bits per heavy atom. The van der Waals surface area contributed by atoms with Crippen molar-refractivity contribution in [3.05, 3.63) is 74.4 Å². The number of carbonyl (C=O) groups excluding carboxylic acids is 1. The van der Waals surface area contributed by atoms with Gasteiger partial charge in [0.25, 0.3) is 5.91 Å². The molecule has 0 aliphatic carbocycles. The van der Waals surface area contributed by atoms with Crippen molar-refractivity contribution in [1.82, 2.24) is 0 Å². The lowest BCUT2D eigenvalue weighted by Gasteiger charge is -2.06. The van der Waals surface area contributed by atoms with Crippen LogP contribution in [-0.2, 0) is 0 Å². The summed E-state index contributed by atoms with van der Waals surface area (Å²) in [6.45, 7) is 1.79. The monoisotopic (exact) mass is 411 g/mol. The fourth-order valence-electron chi connectivity index (χ4n) is 2.85. The Labute approximate surface area is 169 Å². The standard InChI is InChI=1S/C20H14FN3O4S/c1-11-18(12-3-6-14(21)7-4-12)15(10-22)20(29-11)23-19(25)13-5-8-17(28-2)16(9-13)24(26)27/h3-9H,1-2H3,(H,23,25). The summed E-state index contributed by atoms with van der Waals surface area (Å²) in [5.74, 6) is -0.955. The van der Waals surface area contributed by atoms with Crippen LogP contribution < -0.4 is 10.1 Å². The molecule has 0 fully saturated rings. The van der Waals surface area contributed by atoms with Gasteiger partial charge in [-0.2, -0.15) is 5.26 Å². The number of nitro benzene ring substituents is 1. The lowest BCUT2D eigenvalue weighted by Crippen LogP contribution is -2.12. The molecule has 0 aliphatic rings. The van der Waals surface area contributed by atoms with Crippen molar-refractivity contribution in [1.29, 1.82) is 5.26 Å². The first kappa shape index (κ1) is 20.0. The highest BCUT2D eigenvalue weighted by atomic mass is 32.1. The van der Waals surface area contributed by atoms with Crippen LogP contribution in [0.5, 0.6) is 5.75 Å². The molecule has 0 radical (unpaired) electrons. The highest BCUT2D eigenvalue weighted by Crippen LogP contribution is 2.39. The van der Waals surface area contributed by atoms with Crippen LogP contribution in [0.1, 0.15) is 20.8 Å². The number of methoxy groups -OCH3 is 1. The van der Waals surface area contributed by atoms with Crippen LogP contribution in [0.2, 0.25) is 0 Å². The number of hydrogen-bond acceptors (Lipinski definition) is 6. The molecule has 0 unspecified atom stereocenters. The number of amides is 1. The van der Waals surface area contributed by atoms with Gasteiger partial charge in [-0.3, -0.25) is 14.9 Å². The predicted molar refractivity (Wildman–Crippen MR) is 107 cm³/mol. The molecule has 0 saturated carbocycles. The van der Waals surface area contributed by atoms with Crippen molar-refractivity contribution >= 4 is 27.9 Å². The third kappa shape index (κ3) is 3.93. The van der Waals surface area contributed by atoms with Gasteiger partial charge in [0, 0.05) is 22.1 Å². The van der Waals surface area contributed by atoms with Crippen LogP contribution in [0.3, 0.4) is 0 Å². The van der Waals surface area contributed by atoms with Crippen molar-refractivity contribution in [2.75, 3.05) is 12.4 Å². The highest BCUT2D eigenvalue weighted by molar-refractivity contribution is 7.17. The van der Waals surface area contributed by atoms with Crippen LogP contribution in [0.15, 0.2) is 42.5 Å². The number of ether oxygens (including phenoxy) is 1. The Morgan fingerprint density at radius 2 is 1.97 bits per heavy atom. The predicted octanol–water partition coefficient (Wildman–Crippen LogP) is 4.90. The first-order chi connectivity index (χ1) is 13.8. The third-order valence-electron chi connectivity index (χ3n) is 4.19. The van der Waals surface area contributed by atoms with Gasteiger partial charge in [-0.05, 0) is 36.8 Å². The van der Waals surface area contributed by atoms with E-state index in [-0.39, 0.29) is 22.6 Å². The molecule has 2 aromatic carbocycles. The fraction of sp³-hybridized carbons (Fsp3) is 0.100. The lowest BCUT2D eigenvalue weighted by molar-refractivity contribution is -0.385. The molecule has 3 rings (SSSR count). The largest absolute Gasteiger partial charge is 0.490 e. The van der Waals surface area contributed by atoms with Gasteiger partial charge in [-0.25, -0.2) is 4.39 Å². The lowest BCUT2D eigenvalue weighted by atomic mass is 10.0. The van der Waals surface area contributed by atoms with Gasteiger partial charge >= 0.3 is 5.69 Å². The number of rotatable bonds is 5. The second-order valence-corrected chi connectivity index (χ2v) is 7.18. The summed E-state index contributed by atoms with van der Waals surface area (Å²) in [6.07, 6.45) is 0. The number of nitrogens with one attached hydrogen (secondary N) is 1. The fourth-order valence-corrected chi connectivity index (χ4v) is 3.87. The first-order valence-corrected chi connectivity index (χ1v) is 9.10. The van der Waals surface area contributed by atoms with Crippen LogP contribution in [0, 0.1) is 34.2 Å². The van der Waals surface area contributed by atoms with Crippen LogP contribution in [-0.4, -0.2) is 17.9 Å². The summed E-state index contributed by atoms with van der Waals surface area (Å²) in [7, 11) is 1.30. The van der Waals surface area contributed by atoms with E-state index < -0.39 is 16.6 Å². The third-order valence-corrected chi connectivity index (χ3v) is 5.21. The van der Waals surface area contributed by atoms with Crippen molar-refractivity contribution in [3.8, 4) is 22.9 Å². The van der Waals surface area contributed by atoms with Gasteiger partial charge in [-0.15, -0.1) is 11.3 Å². The van der Waals surface area contributed by atoms with Crippen LogP contribution >= 0.6 is 11.3 Å². The van der Waals surface area contributed by atoms with E-state index in [4.69, 9.17) is 4.74 Å². The molecule has 1 N–H and O–H groups in total. The Balaban J connectivity index is 1.97. The number of nitriles is 1. The second-order valence-electron chi connectivity index (χ2n) is 5.95. The summed E-state index contributed by atoms with van der Waals surface area (Å²) >= 11 is 1.20. The molecule has 29 heavy (non-hydrogen) atoms. The number of anilines is 1. The van der Waals surface area contributed by atoms with Gasteiger partial charge in [0.05, 0.1) is 17.6 Å². The zero-order chi connectivity index (χ0) is 21.1. The van der Waals surface area contributed by atoms with E-state index in [1.54, 1.807) is 19.1 Å². The molecule has 7 nitrogen and oxygen atoms in total. The van der Waals surface area contributed by atoms with Crippen molar-refractivity contribution < 1.29 is 18.8 Å². The minimum absolute atomic E-state index is 0.0369. The normalized spacial score (nSPS) is 10.3. The summed E-state index contributed by atoms with van der Waals surface area (Å²) in [5, 5.41) is 23.7. The van der Waals surface area contributed by atoms with Crippen LogP contribution in [0.4, 0.5) is 15.1 Å². The number of halogens is 1. The summed E-state index contributed by atoms with van der Waals surface area (Å²) in [5.41, 5.74) is 1.21. The maximum Gasteiger partial charge on any atom is 0.311 e. The van der Waals surface area contributed by atoms with E-state index in [1.165, 1.54) is 42.7 Å². The number of benzene rings is 2. The molecule has 1 aromatic heterocycles. The Hall–Kier alpha value is -3.77. The SMILES string of the molecule is COc1ccc(C(=O)Nc2sc(C)c(-c3ccc(F)cc3)c2C#N)cc1[N+](=O)[O-]. The molecule has 0 bridgehead atoms. The minimum Gasteiger partial charge on any atom is -0.490 e. The smallest absolute Gasteiger partial charge is 0.311 e. The van der Waals surface area contributed by atoms with E-state index in [1.807, 2.05) is 0 Å². The van der Waals surface area contributed by atoms with Gasteiger partial charge < -0.3 is 10.1 Å². The maximum absolute atomic E-state index is 13.2. The maximum atomic E-state index is 13.2. The van der Waals surface area contributed by atoms with Crippen molar-refractivity contribution in [2.45, 2.75) is 6.92 Å². The van der Waals surface area contributed by atoms with E-state index >= 15 is 0 Å². The van der Waals surface area contributed by atoms with Gasteiger partial charge in [0.1, 0.15) is 16.9 Å². The average Bonchev–Trinajstić information content (AvgIpc) is 3.02. The number of hydrogen-bond donors (Lipinski definition) is 1. The minimum atomic E-state index is -0.641. The second kappa shape index (κ2) is 8.08. The van der Waals surface area contributed by atoms with E-state index in [0.29, 0.717) is 16.1 Å². The Bertz CT molecular complexity index is 1150. The quantitative estimate of drug-likeness (QED) is 0.475. The molecule has 3 aromatic rings. The number of nitrogens with zero attached hydrogens (tertiary/aromatic N) is 2. The number of aryl methyl sites for hydroxylation is 1. The molecule has 1 amide bonds. The van der Waals surface area contributed by atoms with Crippen molar-refractivity contribution in [2.24, 2.45) is 0 Å². The average molecular weight is 411 g/mol.